The van der Waals surface area contributed by atoms with Crippen molar-refractivity contribution in [2.75, 3.05) is 18.1 Å². The van der Waals surface area contributed by atoms with Crippen LogP contribution < -0.4 is 11.1 Å². The van der Waals surface area contributed by atoms with E-state index in [1.165, 1.54) is 29.0 Å². The number of ether oxygens (including phenoxy) is 3. The predicted octanol–water partition coefficient (Wildman–Crippen LogP) is 1.20. The van der Waals surface area contributed by atoms with Crippen LogP contribution in [0.2, 0.25) is 0 Å². The number of β-lactam (4-membered cyclic amide) rings is 1. The van der Waals surface area contributed by atoms with E-state index in [-0.39, 0.29) is 23.1 Å². The van der Waals surface area contributed by atoms with Gasteiger partial charge in [-0.1, -0.05) is 17.3 Å². The minimum Gasteiger partial charge on any atom is -0.435 e. The van der Waals surface area contributed by atoms with Gasteiger partial charge in [0.05, 0.1) is 6.61 Å². The number of nitrogen functional groups attached to an aromatic ring is 1. The maximum Gasteiger partial charge on any atom is 0.511 e. The number of allylic oxidation sites excluding steroid dienone is 2. The van der Waals surface area contributed by atoms with Crippen molar-refractivity contribution in [3.05, 3.63) is 34.5 Å². The van der Waals surface area contributed by atoms with Crippen LogP contribution in [0.15, 0.2) is 34.0 Å². The molecule has 0 spiro atoms. The molecule has 1 fully saturated rings. The molecule has 15 heteroatoms. The summed E-state index contributed by atoms with van der Waals surface area (Å²) < 4.78 is 14.7. The first-order chi connectivity index (χ1) is 16.7. The van der Waals surface area contributed by atoms with Crippen LogP contribution in [0.5, 0.6) is 0 Å². The lowest BCUT2D eigenvalue weighted by molar-refractivity contribution is -0.168. The van der Waals surface area contributed by atoms with Crippen molar-refractivity contribution in [2.45, 2.75) is 38.5 Å². The smallest absolute Gasteiger partial charge is 0.435 e. The average Bonchev–Trinajstić information content (AvgIpc) is 3.23. The van der Waals surface area contributed by atoms with E-state index in [9.17, 15) is 24.4 Å². The Morgan fingerprint density at radius 1 is 1.43 bits per heavy atom. The monoisotopic (exact) mass is 525 g/mol. The van der Waals surface area contributed by atoms with Crippen molar-refractivity contribution in [1.82, 2.24) is 15.2 Å². The van der Waals surface area contributed by atoms with Gasteiger partial charge in [-0.3, -0.25) is 14.5 Å². The van der Waals surface area contributed by atoms with Crippen molar-refractivity contribution < 1.29 is 38.6 Å². The van der Waals surface area contributed by atoms with E-state index in [2.05, 4.69) is 20.2 Å². The van der Waals surface area contributed by atoms with E-state index in [4.69, 9.17) is 15.2 Å². The van der Waals surface area contributed by atoms with Gasteiger partial charge < -0.3 is 30.5 Å². The minimum absolute atomic E-state index is 0.0232. The second kappa shape index (κ2) is 11.2. The van der Waals surface area contributed by atoms with Gasteiger partial charge >= 0.3 is 12.1 Å². The number of nitrogens with one attached hydrogen (secondary N) is 1. The van der Waals surface area contributed by atoms with E-state index in [1.807, 2.05) is 0 Å². The second-order valence-corrected chi connectivity index (χ2v) is 9.02. The number of rotatable bonds is 8. The number of carbonyl (C=O) groups excluding carboxylic acids is 4. The highest BCUT2D eigenvalue weighted by molar-refractivity contribution is 8.00. The summed E-state index contributed by atoms with van der Waals surface area (Å²) in [5.74, 6) is -1.95. The van der Waals surface area contributed by atoms with Gasteiger partial charge in [0.2, 0.25) is 6.29 Å². The summed E-state index contributed by atoms with van der Waals surface area (Å²) in [7, 11) is 0. The molecule has 3 atom stereocenters. The molecule has 0 aromatic carbocycles. The molecular weight excluding hydrogens is 502 g/mol. The summed E-state index contributed by atoms with van der Waals surface area (Å²) in [6, 6.07) is -0.997. The third kappa shape index (κ3) is 5.57. The molecule has 2 aliphatic rings. The van der Waals surface area contributed by atoms with Crippen LogP contribution in [0.3, 0.4) is 0 Å². The summed E-state index contributed by atoms with van der Waals surface area (Å²) in [5, 5.41) is 15.8. The Bertz CT molecular complexity index is 1110. The number of hydrogen-bond donors (Lipinski definition) is 3. The number of anilines is 1. The number of nitrogens with two attached hydrogens (primary N) is 1. The Morgan fingerprint density at radius 2 is 2.17 bits per heavy atom. The number of amides is 2. The molecule has 188 valence electrons. The lowest BCUT2D eigenvalue weighted by atomic mass is 10.0. The number of thiazole rings is 1. The normalized spacial score (nSPS) is 20.7. The quantitative estimate of drug-likeness (QED) is 0.111. The van der Waals surface area contributed by atoms with Crippen LogP contribution in [-0.4, -0.2) is 74.8 Å². The topological polar surface area (TPSA) is 183 Å². The van der Waals surface area contributed by atoms with Gasteiger partial charge in [0.1, 0.15) is 22.8 Å². The zero-order valence-corrected chi connectivity index (χ0v) is 20.6. The van der Waals surface area contributed by atoms with Gasteiger partial charge in [-0.15, -0.1) is 23.1 Å². The van der Waals surface area contributed by atoms with Gasteiger partial charge in [-0.25, -0.2) is 14.6 Å². The van der Waals surface area contributed by atoms with Crippen LogP contribution in [0.4, 0.5) is 9.93 Å². The number of thioether (sulfide) groups is 1. The first kappa shape index (κ1) is 26.0. The maximum atomic E-state index is 13.0. The maximum absolute atomic E-state index is 13.0. The molecular formula is C20H23N5O8S2. The molecule has 0 bridgehead atoms. The average molecular weight is 526 g/mol. The second-order valence-electron chi connectivity index (χ2n) is 7.03. The molecule has 3 unspecified atom stereocenters. The SMILES string of the molecule is C/C=C\C1=C(C(=O)OC(C)OC(=O)OCC)N2C(=O)C(NC(=O)/C(=N\O)c3csc(N)n3)C2SC1. The summed E-state index contributed by atoms with van der Waals surface area (Å²) >= 11 is 2.38. The van der Waals surface area contributed by atoms with Crippen molar-refractivity contribution in [2.24, 2.45) is 5.16 Å². The summed E-state index contributed by atoms with van der Waals surface area (Å²) in [5.41, 5.74) is 5.72. The number of hydrogen-bond acceptors (Lipinski definition) is 13. The summed E-state index contributed by atoms with van der Waals surface area (Å²) in [4.78, 5) is 55.2. The van der Waals surface area contributed by atoms with Crippen LogP contribution >= 0.6 is 23.1 Å². The van der Waals surface area contributed by atoms with Crippen molar-refractivity contribution in [3.63, 3.8) is 0 Å². The Hall–Kier alpha value is -3.59. The number of aromatic nitrogens is 1. The fraction of sp³-hybridized carbons (Fsp3) is 0.400. The Labute approximate surface area is 208 Å². The van der Waals surface area contributed by atoms with E-state index < -0.39 is 47.4 Å². The van der Waals surface area contributed by atoms with Gasteiger partial charge in [0.25, 0.3) is 11.8 Å². The Morgan fingerprint density at radius 3 is 2.77 bits per heavy atom. The predicted molar refractivity (Wildman–Crippen MR) is 125 cm³/mol. The number of fused-ring (bicyclic) bond motifs is 1. The van der Waals surface area contributed by atoms with Crippen LogP contribution in [-0.2, 0) is 28.6 Å². The molecule has 1 aromatic rings. The molecule has 1 aromatic heterocycles. The fourth-order valence-corrected chi connectivity index (χ4v) is 5.16. The molecule has 35 heavy (non-hydrogen) atoms. The van der Waals surface area contributed by atoms with Gasteiger partial charge in [0, 0.05) is 18.1 Å². The van der Waals surface area contributed by atoms with E-state index >= 15 is 0 Å². The minimum atomic E-state index is -1.27. The van der Waals surface area contributed by atoms with Crippen molar-refractivity contribution in [3.8, 4) is 0 Å². The zero-order valence-electron chi connectivity index (χ0n) is 18.9. The van der Waals surface area contributed by atoms with E-state index in [1.54, 1.807) is 26.0 Å². The first-order valence-corrected chi connectivity index (χ1v) is 12.2. The fourth-order valence-electron chi connectivity index (χ4n) is 3.30. The molecule has 4 N–H and O–H groups in total. The van der Waals surface area contributed by atoms with Crippen molar-refractivity contribution in [1.29, 1.82) is 0 Å². The lowest BCUT2D eigenvalue weighted by Crippen LogP contribution is -2.71. The molecule has 13 nitrogen and oxygen atoms in total. The van der Waals surface area contributed by atoms with E-state index in [0.717, 1.165) is 11.3 Å². The summed E-state index contributed by atoms with van der Waals surface area (Å²) in [6.45, 7) is 4.77. The highest BCUT2D eigenvalue weighted by atomic mass is 32.2. The zero-order chi connectivity index (χ0) is 25.7. The lowest BCUT2D eigenvalue weighted by Gasteiger charge is -2.49. The third-order valence-electron chi connectivity index (χ3n) is 4.72. The molecule has 0 aliphatic carbocycles. The van der Waals surface area contributed by atoms with Gasteiger partial charge in [-0.05, 0) is 19.4 Å². The molecule has 2 amide bonds. The molecule has 2 aliphatic heterocycles. The highest BCUT2D eigenvalue weighted by Gasteiger charge is 2.54. The number of oxime groups is 1. The Balaban J connectivity index is 1.75. The van der Waals surface area contributed by atoms with Crippen LogP contribution in [0.25, 0.3) is 0 Å². The van der Waals surface area contributed by atoms with E-state index in [0.29, 0.717) is 11.3 Å². The number of esters is 1. The van der Waals surface area contributed by atoms with Crippen LogP contribution in [0, 0.1) is 0 Å². The number of nitrogens with zero attached hydrogens (tertiary/aromatic N) is 3. The largest absolute Gasteiger partial charge is 0.511 e. The van der Waals surface area contributed by atoms with Gasteiger partial charge in [-0.2, -0.15) is 0 Å². The highest BCUT2D eigenvalue weighted by Crippen LogP contribution is 2.41. The van der Waals surface area contributed by atoms with Crippen LogP contribution in [0.1, 0.15) is 26.5 Å². The molecule has 0 saturated carbocycles. The number of carbonyl (C=O) groups is 4. The molecule has 3 heterocycles. The third-order valence-corrected chi connectivity index (χ3v) is 6.70. The Kier molecular flexibility index (Phi) is 8.34. The molecule has 1 saturated heterocycles. The van der Waals surface area contributed by atoms with Gasteiger partial charge in [0.15, 0.2) is 10.8 Å². The first-order valence-electron chi connectivity index (χ1n) is 10.3. The molecule has 0 radical (unpaired) electrons. The standard InChI is InChI=1S/C20H23N5O8S2/c1-4-6-10-7-34-17-13(23-15(26)12(24-30)11-8-35-19(21)22-11)16(27)25(17)14(10)18(28)32-9(3)33-20(29)31-5-2/h4,6,8-9,13,17,30H,5,7H2,1-3H3,(H2,21,22)(H,23,26)/b6-4-,24-12-. The van der Waals surface area contributed by atoms with Crippen molar-refractivity contribution >= 4 is 57.9 Å². The summed E-state index contributed by atoms with van der Waals surface area (Å²) in [6.07, 6.45) is 1.10. The molecule has 3 rings (SSSR count).